The molecular weight excluding hydrogens is 415 g/mol. The molecule has 0 fully saturated rings. The number of hydrogen-bond donors (Lipinski definition) is 1. The van der Waals surface area contributed by atoms with Crippen molar-refractivity contribution in [1.82, 2.24) is 19.9 Å². The summed E-state index contributed by atoms with van der Waals surface area (Å²) < 4.78 is 42.1. The second-order valence-electron chi connectivity index (χ2n) is 8.13. The first-order chi connectivity index (χ1) is 15.2. The summed E-state index contributed by atoms with van der Waals surface area (Å²) in [5.74, 6) is 0.750. The van der Waals surface area contributed by atoms with E-state index in [0.29, 0.717) is 11.1 Å². The summed E-state index contributed by atoms with van der Waals surface area (Å²) in [4.78, 5) is 14.1. The average Bonchev–Trinajstić information content (AvgIpc) is 2.77. The zero-order valence-corrected chi connectivity index (χ0v) is 18.6. The molecule has 0 aliphatic carbocycles. The van der Waals surface area contributed by atoms with Gasteiger partial charge in [0.2, 0.25) is 0 Å². The largest absolute Gasteiger partial charge is 0.416 e. The van der Waals surface area contributed by atoms with Gasteiger partial charge in [0.25, 0.3) is 0 Å². The number of hydrogen-bond acceptors (Lipinski definition) is 4. The molecule has 1 aliphatic rings. The van der Waals surface area contributed by atoms with Gasteiger partial charge in [0, 0.05) is 19.0 Å². The summed E-state index contributed by atoms with van der Waals surface area (Å²) in [6, 6.07) is 5.74. The molecule has 5 nitrogen and oxygen atoms in total. The second-order valence-corrected chi connectivity index (χ2v) is 8.13. The Kier molecular flexibility index (Phi) is 5.90. The third-order valence-corrected chi connectivity index (χ3v) is 6.08. The average molecular weight is 442 g/mol. The first-order valence-electron chi connectivity index (χ1n) is 10.6. The van der Waals surface area contributed by atoms with Crippen molar-refractivity contribution in [2.75, 3.05) is 13.1 Å². The van der Waals surface area contributed by atoms with Crippen molar-refractivity contribution in [1.29, 1.82) is 0 Å². The highest BCUT2D eigenvalue weighted by Crippen LogP contribution is 2.35. The quantitative estimate of drug-likeness (QED) is 0.644. The second kappa shape index (κ2) is 8.50. The molecule has 0 saturated heterocycles. The SMILES string of the molecule is Cc1c(C(C)N=c2nc(C)n(C)c3cnc(C4=CCNCC4)cc23)cccc1C(F)(F)F. The van der Waals surface area contributed by atoms with E-state index in [0.717, 1.165) is 48.0 Å². The molecule has 168 valence electrons. The van der Waals surface area contributed by atoms with Crippen LogP contribution in [0.1, 0.15) is 47.6 Å². The van der Waals surface area contributed by atoms with Gasteiger partial charge in [-0.25, -0.2) is 4.98 Å². The van der Waals surface area contributed by atoms with E-state index in [2.05, 4.69) is 21.4 Å². The van der Waals surface area contributed by atoms with E-state index in [-0.39, 0.29) is 5.56 Å². The van der Waals surface area contributed by atoms with E-state index in [1.54, 1.807) is 13.0 Å². The summed E-state index contributed by atoms with van der Waals surface area (Å²) in [7, 11) is 1.92. The van der Waals surface area contributed by atoms with Gasteiger partial charge >= 0.3 is 6.18 Å². The Balaban J connectivity index is 1.88. The molecular formula is C24H26F3N5. The number of benzene rings is 1. The molecule has 1 aliphatic heterocycles. The van der Waals surface area contributed by atoms with Crippen molar-refractivity contribution in [3.8, 4) is 0 Å². The smallest absolute Gasteiger partial charge is 0.331 e. The maximum atomic E-state index is 13.4. The molecule has 0 bridgehead atoms. The Morgan fingerprint density at radius 2 is 2.00 bits per heavy atom. The van der Waals surface area contributed by atoms with Gasteiger partial charge in [0.1, 0.15) is 5.82 Å². The highest BCUT2D eigenvalue weighted by atomic mass is 19.4. The molecule has 1 N–H and O–H groups in total. The number of halogens is 3. The van der Waals surface area contributed by atoms with Gasteiger partial charge in [0.05, 0.1) is 29.0 Å². The molecule has 0 amide bonds. The Hall–Kier alpha value is -3.00. The van der Waals surface area contributed by atoms with Crippen LogP contribution in [0.5, 0.6) is 0 Å². The van der Waals surface area contributed by atoms with Gasteiger partial charge in [-0.3, -0.25) is 9.98 Å². The van der Waals surface area contributed by atoms with Gasteiger partial charge < -0.3 is 9.88 Å². The van der Waals surface area contributed by atoms with Crippen LogP contribution in [0.4, 0.5) is 13.2 Å². The van der Waals surface area contributed by atoms with E-state index in [1.807, 2.05) is 30.8 Å². The highest BCUT2D eigenvalue weighted by Gasteiger charge is 2.33. The number of nitrogens with one attached hydrogen (secondary N) is 1. The Morgan fingerprint density at radius 1 is 1.22 bits per heavy atom. The van der Waals surface area contributed by atoms with E-state index in [9.17, 15) is 13.2 Å². The van der Waals surface area contributed by atoms with Crippen molar-refractivity contribution >= 4 is 16.5 Å². The lowest BCUT2D eigenvalue weighted by atomic mass is 9.97. The third-order valence-electron chi connectivity index (χ3n) is 6.08. The van der Waals surface area contributed by atoms with Crippen LogP contribution < -0.4 is 10.8 Å². The van der Waals surface area contributed by atoms with Crippen LogP contribution in [-0.2, 0) is 13.2 Å². The minimum absolute atomic E-state index is 0.195. The molecule has 3 aromatic rings. The molecule has 8 heteroatoms. The molecule has 3 heterocycles. The lowest BCUT2D eigenvalue weighted by Crippen LogP contribution is -2.21. The van der Waals surface area contributed by atoms with Crippen molar-refractivity contribution in [3.63, 3.8) is 0 Å². The maximum absolute atomic E-state index is 13.4. The number of aryl methyl sites for hydroxylation is 2. The standard InChI is InChI=1S/C24H26F3N5/c1-14-18(6-5-7-20(14)24(25,26)27)15(2)30-23-19-12-21(17-8-10-28-11-9-17)29-13-22(19)32(4)16(3)31-23/h5-8,12-13,15,28H,9-11H2,1-4H3. The molecule has 32 heavy (non-hydrogen) atoms. The summed E-state index contributed by atoms with van der Waals surface area (Å²) in [6.45, 7) is 6.88. The van der Waals surface area contributed by atoms with Crippen molar-refractivity contribution in [2.45, 2.75) is 39.4 Å². The van der Waals surface area contributed by atoms with Crippen molar-refractivity contribution in [2.24, 2.45) is 12.0 Å². The molecule has 1 atom stereocenters. The molecule has 4 rings (SSSR count). The Morgan fingerprint density at radius 3 is 2.69 bits per heavy atom. The fourth-order valence-corrected chi connectivity index (χ4v) is 4.15. The van der Waals surface area contributed by atoms with Gasteiger partial charge in [0.15, 0.2) is 5.49 Å². The third kappa shape index (κ3) is 4.19. The molecule has 1 aromatic carbocycles. The Bertz CT molecular complexity index is 1270. The first-order valence-corrected chi connectivity index (χ1v) is 10.6. The monoisotopic (exact) mass is 441 g/mol. The number of rotatable bonds is 3. The lowest BCUT2D eigenvalue weighted by Gasteiger charge is -2.17. The predicted octanol–water partition coefficient (Wildman–Crippen LogP) is 4.64. The van der Waals surface area contributed by atoms with Gasteiger partial charge in [-0.2, -0.15) is 13.2 Å². The van der Waals surface area contributed by atoms with E-state index < -0.39 is 17.8 Å². The number of pyridine rings is 1. The lowest BCUT2D eigenvalue weighted by molar-refractivity contribution is -0.138. The predicted molar refractivity (Wildman–Crippen MR) is 119 cm³/mol. The van der Waals surface area contributed by atoms with E-state index in [1.165, 1.54) is 18.6 Å². The number of alkyl halides is 3. The van der Waals surface area contributed by atoms with Crippen molar-refractivity contribution < 1.29 is 13.2 Å². The summed E-state index contributed by atoms with van der Waals surface area (Å²) in [5.41, 5.74) is 3.54. The highest BCUT2D eigenvalue weighted by molar-refractivity contribution is 5.81. The first kappa shape index (κ1) is 22.2. The summed E-state index contributed by atoms with van der Waals surface area (Å²) >= 11 is 0. The zero-order chi connectivity index (χ0) is 23.0. The van der Waals surface area contributed by atoms with Crippen LogP contribution in [0.3, 0.4) is 0 Å². The number of fused-ring (bicyclic) bond motifs is 1. The van der Waals surface area contributed by atoms with Crippen LogP contribution in [0, 0.1) is 13.8 Å². The van der Waals surface area contributed by atoms with Gasteiger partial charge in [-0.1, -0.05) is 18.2 Å². The molecule has 0 saturated carbocycles. The van der Waals surface area contributed by atoms with Crippen LogP contribution in [0.2, 0.25) is 0 Å². The zero-order valence-electron chi connectivity index (χ0n) is 18.6. The van der Waals surface area contributed by atoms with Crippen LogP contribution in [0.15, 0.2) is 41.5 Å². The van der Waals surface area contributed by atoms with Gasteiger partial charge in [-0.05, 0) is 62.6 Å². The van der Waals surface area contributed by atoms with Gasteiger partial charge in [-0.15, -0.1) is 0 Å². The molecule has 2 aromatic heterocycles. The Labute approximate surface area is 184 Å². The fourth-order valence-electron chi connectivity index (χ4n) is 4.15. The topological polar surface area (TPSA) is 55.1 Å². The summed E-state index contributed by atoms with van der Waals surface area (Å²) in [5, 5.41) is 4.13. The minimum Gasteiger partial charge on any atom is -0.331 e. The normalized spacial score (nSPS) is 16.3. The molecule has 0 spiro atoms. The fraction of sp³-hybridized carbons (Fsp3) is 0.375. The maximum Gasteiger partial charge on any atom is 0.416 e. The summed E-state index contributed by atoms with van der Waals surface area (Å²) in [6.07, 6.45) is 0.438. The van der Waals surface area contributed by atoms with Crippen LogP contribution in [0.25, 0.3) is 16.5 Å². The minimum atomic E-state index is -4.40. The van der Waals surface area contributed by atoms with Crippen LogP contribution in [-0.4, -0.2) is 27.6 Å². The molecule has 1 unspecified atom stereocenters. The van der Waals surface area contributed by atoms with E-state index >= 15 is 0 Å². The van der Waals surface area contributed by atoms with Crippen LogP contribution >= 0.6 is 0 Å². The number of nitrogens with zero attached hydrogens (tertiary/aromatic N) is 4. The molecule has 0 radical (unpaired) electrons. The van der Waals surface area contributed by atoms with E-state index in [4.69, 9.17) is 4.99 Å². The van der Waals surface area contributed by atoms with Crippen molar-refractivity contribution in [3.05, 3.63) is 70.2 Å². The number of aromatic nitrogens is 3.